The maximum Gasteiger partial charge on any atom is 0.332 e. The lowest BCUT2D eigenvalue weighted by atomic mass is 9.95. The van der Waals surface area contributed by atoms with Gasteiger partial charge in [0.05, 0.1) is 25.7 Å². The molecule has 0 spiro atoms. The van der Waals surface area contributed by atoms with Crippen molar-refractivity contribution in [2.75, 3.05) is 38.3 Å². The molecule has 3 aromatic rings. The van der Waals surface area contributed by atoms with Gasteiger partial charge >= 0.3 is 5.69 Å². The van der Waals surface area contributed by atoms with E-state index in [4.69, 9.17) is 20.2 Å². The van der Waals surface area contributed by atoms with Gasteiger partial charge in [0.25, 0.3) is 5.56 Å². The lowest BCUT2D eigenvalue weighted by molar-refractivity contribution is 0.122. The molecule has 1 fully saturated rings. The number of nitrogens with two attached hydrogens (primary N) is 1. The fraction of sp³-hybridized carbons (Fsp3) is 0.381. The average Bonchev–Trinajstić information content (AvgIpc) is 2.80. The first-order chi connectivity index (χ1) is 14.9. The number of nitrogens with zero attached hydrogens (tertiary/aromatic N) is 4. The topological polar surface area (TPSA) is 105 Å². The van der Waals surface area contributed by atoms with Crippen molar-refractivity contribution in [1.82, 2.24) is 14.1 Å². The highest BCUT2D eigenvalue weighted by atomic mass is 19.1. The highest BCUT2D eigenvalue weighted by molar-refractivity contribution is 5.98. The summed E-state index contributed by atoms with van der Waals surface area (Å²) in [6.07, 6.45) is 0. The van der Waals surface area contributed by atoms with Crippen LogP contribution in [0.1, 0.15) is 5.56 Å². The summed E-state index contributed by atoms with van der Waals surface area (Å²) in [5.41, 5.74) is 6.70. The number of rotatable bonds is 4. The van der Waals surface area contributed by atoms with Crippen LogP contribution in [0.5, 0.6) is 5.75 Å². The van der Waals surface area contributed by atoms with E-state index < -0.39 is 17.1 Å². The maximum absolute atomic E-state index is 14.3. The van der Waals surface area contributed by atoms with Crippen molar-refractivity contribution < 1.29 is 13.9 Å². The van der Waals surface area contributed by atoms with E-state index in [1.807, 2.05) is 4.90 Å². The van der Waals surface area contributed by atoms with E-state index in [1.165, 1.54) is 36.9 Å². The lowest BCUT2D eigenvalue weighted by Gasteiger charge is -2.31. The third-order valence-electron chi connectivity index (χ3n) is 5.61. The number of benzene rings is 1. The SMILES string of the molecule is COc1ccc(F)cc1-c1c(CN)c(N2CCOCC2)nc2c1c(=O)n(C)c(=O)n2C. The Morgan fingerprint density at radius 2 is 1.90 bits per heavy atom. The van der Waals surface area contributed by atoms with Crippen molar-refractivity contribution in [2.24, 2.45) is 19.8 Å². The Kier molecular flexibility index (Phi) is 5.50. The Morgan fingerprint density at radius 1 is 1.19 bits per heavy atom. The number of morpholine rings is 1. The maximum atomic E-state index is 14.3. The molecule has 1 aliphatic rings. The first-order valence-corrected chi connectivity index (χ1v) is 9.88. The molecule has 1 aromatic carbocycles. The molecule has 0 unspecified atom stereocenters. The van der Waals surface area contributed by atoms with Gasteiger partial charge < -0.3 is 20.1 Å². The third kappa shape index (κ3) is 3.37. The molecule has 9 nitrogen and oxygen atoms in total. The number of pyridine rings is 1. The zero-order valence-corrected chi connectivity index (χ0v) is 17.6. The monoisotopic (exact) mass is 429 g/mol. The summed E-state index contributed by atoms with van der Waals surface area (Å²) in [5, 5.41) is 0.186. The highest BCUT2D eigenvalue weighted by Crippen LogP contribution is 2.39. The largest absolute Gasteiger partial charge is 0.496 e. The molecule has 1 aliphatic heterocycles. The van der Waals surface area contributed by atoms with Crippen molar-refractivity contribution in [3.8, 4) is 16.9 Å². The number of fused-ring (bicyclic) bond motifs is 1. The Morgan fingerprint density at radius 3 is 2.55 bits per heavy atom. The number of aryl methyl sites for hydroxylation is 1. The Hall–Kier alpha value is -3.24. The van der Waals surface area contributed by atoms with Gasteiger partial charge in [0.2, 0.25) is 0 Å². The van der Waals surface area contributed by atoms with Crippen LogP contribution in [-0.2, 0) is 25.4 Å². The molecular weight excluding hydrogens is 405 g/mol. The molecule has 0 radical (unpaired) electrons. The molecule has 2 aromatic heterocycles. The van der Waals surface area contributed by atoms with Gasteiger partial charge in [-0.25, -0.2) is 14.2 Å². The molecule has 2 N–H and O–H groups in total. The predicted octanol–water partition coefficient (Wildman–Crippen LogP) is 0.742. The second-order valence-electron chi connectivity index (χ2n) is 7.34. The molecule has 0 atom stereocenters. The number of anilines is 1. The zero-order chi connectivity index (χ0) is 22.3. The summed E-state index contributed by atoms with van der Waals surface area (Å²) in [5.74, 6) is 0.439. The molecule has 0 saturated carbocycles. The number of halogens is 1. The summed E-state index contributed by atoms with van der Waals surface area (Å²) in [6.45, 7) is 2.22. The molecule has 4 rings (SSSR count). The normalized spacial score (nSPS) is 14.3. The van der Waals surface area contributed by atoms with Crippen LogP contribution in [0.25, 0.3) is 22.2 Å². The average molecular weight is 429 g/mol. The Balaban J connectivity index is 2.23. The molecular formula is C21H24FN5O4. The number of methoxy groups -OCH3 is 1. The van der Waals surface area contributed by atoms with E-state index in [2.05, 4.69) is 0 Å². The van der Waals surface area contributed by atoms with Crippen molar-refractivity contribution in [3.05, 3.63) is 50.4 Å². The minimum absolute atomic E-state index is 0.0522. The molecule has 0 bridgehead atoms. The number of aromatic nitrogens is 3. The fourth-order valence-corrected chi connectivity index (χ4v) is 4.02. The highest BCUT2D eigenvalue weighted by Gasteiger charge is 2.27. The molecule has 10 heteroatoms. The van der Waals surface area contributed by atoms with Gasteiger partial charge in [-0.05, 0) is 18.2 Å². The van der Waals surface area contributed by atoms with E-state index in [1.54, 1.807) is 7.05 Å². The van der Waals surface area contributed by atoms with Crippen molar-refractivity contribution >= 4 is 16.9 Å². The van der Waals surface area contributed by atoms with E-state index in [0.717, 1.165) is 4.57 Å². The smallest absolute Gasteiger partial charge is 0.332 e. The first kappa shape index (κ1) is 21.0. The van der Waals surface area contributed by atoms with Crippen LogP contribution in [0.4, 0.5) is 10.2 Å². The van der Waals surface area contributed by atoms with Crippen LogP contribution in [0, 0.1) is 5.82 Å². The van der Waals surface area contributed by atoms with Crippen LogP contribution in [-0.4, -0.2) is 47.5 Å². The quantitative estimate of drug-likeness (QED) is 0.652. The van der Waals surface area contributed by atoms with Crippen LogP contribution in [0.15, 0.2) is 27.8 Å². The van der Waals surface area contributed by atoms with Crippen molar-refractivity contribution in [3.63, 3.8) is 0 Å². The van der Waals surface area contributed by atoms with Crippen LogP contribution >= 0.6 is 0 Å². The molecule has 1 saturated heterocycles. The lowest BCUT2D eigenvalue weighted by Crippen LogP contribution is -2.40. The molecule has 164 valence electrons. The number of hydrogen-bond acceptors (Lipinski definition) is 7. The summed E-state index contributed by atoms with van der Waals surface area (Å²) in [6, 6.07) is 4.09. The van der Waals surface area contributed by atoms with Crippen molar-refractivity contribution in [2.45, 2.75) is 6.54 Å². The predicted molar refractivity (Wildman–Crippen MR) is 115 cm³/mol. The van der Waals surface area contributed by atoms with E-state index >= 15 is 0 Å². The summed E-state index contributed by atoms with van der Waals surface area (Å²) in [7, 11) is 4.42. The number of hydrogen-bond donors (Lipinski definition) is 1. The molecule has 0 aliphatic carbocycles. The Labute approximate surface area is 177 Å². The third-order valence-corrected chi connectivity index (χ3v) is 5.61. The van der Waals surface area contributed by atoms with E-state index in [0.29, 0.717) is 54.6 Å². The molecule has 0 amide bonds. The minimum atomic E-state index is -0.532. The van der Waals surface area contributed by atoms with Crippen LogP contribution in [0.3, 0.4) is 0 Å². The molecule has 3 heterocycles. The van der Waals surface area contributed by atoms with Crippen LogP contribution < -0.4 is 26.6 Å². The van der Waals surface area contributed by atoms with Gasteiger partial charge in [-0.1, -0.05) is 0 Å². The standard InChI is InChI=1S/C21H24FN5O4/c1-25-19-17(20(28)26(2)21(25)29)16(13-10-12(22)4-5-15(13)30-3)14(11-23)18(24-19)27-6-8-31-9-7-27/h4-5,10H,6-9,11,23H2,1-3H3. The first-order valence-electron chi connectivity index (χ1n) is 9.88. The summed E-state index contributed by atoms with van der Waals surface area (Å²) >= 11 is 0. The fourth-order valence-electron chi connectivity index (χ4n) is 4.02. The van der Waals surface area contributed by atoms with Crippen molar-refractivity contribution in [1.29, 1.82) is 0 Å². The van der Waals surface area contributed by atoms with Gasteiger partial charge in [0.15, 0.2) is 5.65 Å². The van der Waals surface area contributed by atoms with Gasteiger partial charge in [-0.2, -0.15) is 0 Å². The second-order valence-corrected chi connectivity index (χ2v) is 7.34. The summed E-state index contributed by atoms with van der Waals surface area (Å²) in [4.78, 5) is 32.6. The Bertz CT molecular complexity index is 1280. The van der Waals surface area contributed by atoms with Gasteiger partial charge in [0, 0.05) is 50.4 Å². The van der Waals surface area contributed by atoms with Gasteiger partial charge in [0.1, 0.15) is 17.4 Å². The van der Waals surface area contributed by atoms with Crippen LogP contribution in [0.2, 0.25) is 0 Å². The summed E-state index contributed by atoms with van der Waals surface area (Å²) < 4.78 is 27.6. The second kappa shape index (κ2) is 8.12. The number of ether oxygens (including phenoxy) is 2. The zero-order valence-electron chi connectivity index (χ0n) is 17.6. The van der Waals surface area contributed by atoms with E-state index in [-0.39, 0.29) is 17.6 Å². The van der Waals surface area contributed by atoms with E-state index in [9.17, 15) is 14.0 Å². The molecule has 31 heavy (non-hydrogen) atoms. The minimum Gasteiger partial charge on any atom is -0.496 e. The van der Waals surface area contributed by atoms with Gasteiger partial charge in [-0.15, -0.1) is 0 Å². The van der Waals surface area contributed by atoms with Gasteiger partial charge in [-0.3, -0.25) is 13.9 Å².